The van der Waals surface area contributed by atoms with Crippen molar-refractivity contribution in [1.29, 1.82) is 0 Å². The molecule has 0 N–H and O–H groups in total. The van der Waals surface area contributed by atoms with Crippen molar-refractivity contribution < 1.29 is 28.3 Å². The second-order valence-corrected chi connectivity index (χ2v) is 7.04. The molecule has 1 fully saturated rings. The van der Waals surface area contributed by atoms with Gasteiger partial charge in [-0.2, -0.15) is 0 Å². The number of oxime groups is 1. The molecule has 0 saturated heterocycles. The van der Waals surface area contributed by atoms with Crippen molar-refractivity contribution in [2.24, 2.45) is 5.16 Å². The Balaban J connectivity index is 2.87. The zero-order chi connectivity index (χ0) is 17.1. The van der Waals surface area contributed by atoms with Crippen molar-refractivity contribution in [3.63, 3.8) is 0 Å². The zero-order valence-corrected chi connectivity index (χ0v) is 15.1. The molecule has 1 aliphatic rings. The van der Waals surface area contributed by atoms with Crippen molar-refractivity contribution in [2.45, 2.75) is 52.9 Å². The van der Waals surface area contributed by atoms with Crippen LogP contribution in [0, 0.1) is 0 Å². The van der Waals surface area contributed by atoms with E-state index in [9.17, 15) is 9.67 Å². The number of hydrogen-bond donors (Lipinski definition) is 0. The van der Waals surface area contributed by atoms with Gasteiger partial charge >= 0.3 is 7.60 Å². The summed E-state index contributed by atoms with van der Waals surface area (Å²) in [7, 11) is -3.74. The van der Waals surface area contributed by atoms with Gasteiger partial charge in [-0.3, -0.25) is 4.57 Å². The first-order valence-electron chi connectivity index (χ1n) is 8.17. The summed E-state index contributed by atoms with van der Waals surface area (Å²) in [5, 5.41) is 16.0. The van der Waals surface area contributed by atoms with Gasteiger partial charge in [0.1, 0.15) is 5.31 Å². The number of nitrogens with zero attached hydrogens (tertiary/aromatic N) is 1. The number of ether oxygens (including phenoxy) is 1. The largest absolute Gasteiger partial charge is 0.613 e. The molecular formula is C15H27NO6P-. The monoisotopic (exact) mass is 348 g/mol. The van der Waals surface area contributed by atoms with E-state index in [2.05, 4.69) is 5.16 Å². The van der Waals surface area contributed by atoms with Gasteiger partial charge in [0, 0.05) is 0 Å². The molecular weight excluding hydrogens is 321 g/mol. The Hall–Kier alpha value is -1.04. The third-order valence-corrected chi connectivity index (χ3v) is 5.43. The molecule has 0 radical (unpaired) electrons. The van der Waals surface area contributed by atoms with Crippen LogP contribution in [0.5, 0.6) is 0 Å². The fourth-order valence-corrected chi connectivity index (χ4v) is 3.80. The van der Waals surface area contributed by atoms with Crippen LogP contribution >= 0.6 is 7.60 Å². The van der Waals surface area contributed by atoms with E-state index in [-0.39, 0.29) is 31.7 Å². The van der Waals surface area contributed by atoms with Gasteiger partial charge in [-0.25, -0.2) is 0 Å². The Labute approximate surface area is 138 Å². The third-order valence-electron chi connectivity index (χ3n) is 3.27. The van der Waals surface area contributed by atoms with Gasteiger partial charge in [0.2, 0.25) is 0 Å². The maximum Gasteiger partial charge on any atom is 0.362 e. The minimum atomic E-state index is -3.74. The number of rotatable bonds is 10. The topological polar surface area (TPSA) is 89.4 Å². The average molecular weight is 348 g/mol. The molecule has 0 heterocycles. The molecule has 0 amide bonds. The fourth-order valence-electron chi connectivity index (χ4n) is 2.23. The van der Waals surface area contributed by atoms with Crippen LogP contribution in [0.3, 0.4) is 0 Å². The van der Waals surface area contributed by atoms with E-state index in [0.29, 0.717) is 0 Å². The molecule has 0 aliphatic heterocycles. The van der Waals surface area contributed by atoms with Crippen LogP contribution in [-0.2, 0) is 23.2 Å². The highest BCUT2D eigenvalue weighted by Crippen LogP contribution is 2.56. The van der Waals surface area contributed by atoms with E-state index in [4.69, 9.17) is 18.6 Å². The Morgan fingerprint density at radius 3 is 2.22 bits per heavy atom. The van der Waals surface area contributed by atoms with Crippen LogP contribution < -0.4 is 5.11 Å². The normalized spacial score (nSPS) is 16.7. The van der Waals surface area contributed by atoms with Gasteiger partial charge in [-0.05, 0) is 46.1 Å². The third kappa shape index (κ3) is 6.53. The Morgan fingerprint density at radius 2 is 1.70 bits per heavy atom. The van der Waals surface area contributed by atoms with E-state index < -0.39 is 13.5 Å². The molecule has 1 aliphatic carbocycles. The van der Waals surface area contributed by atoms with Gasteiger partial charge in [0.15, 0.2) is 6.61 Å². The second-order valence-electron chi connectivity index (χ2n) is 4.99. The molecule has 8 heteroatoms. The lowest BCUT2D eigenvalue weighted by Gasteiger charge is -2.24. The van der Waals surface area contributed by atoms with E-state index in [0.717, 1.165) is 31.4 Å². The second kappa shape index (κ2) is 10.7. The zero-order valence-electron chi connectivity index (χ0n) is 14.2. The van der Waals surface area contributed by atoms with E-state index in [1.807, 2.05) is 0 Å². The lowest BCUT2D eigenvalue weighted by molar-refractivity contribution is -0.358. The predicted molar refractivity (Wildman–Crippen MR) is 86.0 cm³/mol. The average Bonchev–Trinajstić information content (AvgIpc) is 2.53. The molecule has 0 spiro atoms. The van der Waals surface area contributed by atoms with Crippen molar-refractivity contribution in [3.05, 3.63) is 11.3 Å². The number of hydrogen-bond acceptors (Lipinski definition) is 7. The van der Waals surface area contributed by atoms with Gasteiger partial charge in [0.05, 0.1) is 24.9 Å². The highest BCUT2D eigenvalue weighted by molar-refractivity contribution is 7.58. The standard InChI is InChI=1S/C15H28NO6P/c1-4-19-15(17)14(23(18,21-5-2)22-6-3)12-20-16-13-10-8-7-9-11-13/h17H,4-12H2,1-3H3/p-1/b15-14-. The first-order valence-corrected chi connectivity index (χ1v) is 9.72. The highest BCUT2D eigenvalue weighted by Gasteiger charge is 2.32. The summed E-state index contributed by atoms with van der Waals surface area (Å²) in [6.07, 6.45) is 5.16. The van der Waals surface area contributed by atoms with Gasteiger partial charge in [-0.1, -0.05) is 18.5 Å². The lowest BCUT2D eigenvalue weighted by atomic mass is 9.99. The Morgan fingerprint density at radius 1 is 1.09 bits per heavy atom. The summed E-state index contributed by atoms with van der Waals surface area (Å²) in [5.41, 5.74) is 0.960. The Bertz CT molecular complexity index is 445. The molecule has 7 nitrogen and oxygen atoms in total. The van der Waals surface area contributed by atoms with Crippen molar-refractivity contribution >= 4 is 13.3 Å². The molecule has 1 rings (SSSR count). The molecule has 134 valence electrons. The summed E-state index contributed by atoms with van der Waals surface area (Å²) in [6, 6.07) is 0. The van der Waals surface area contributed by atoms with E-state index in [1.54, 1.807) is 20.8 Å². The molecule has 0 unspecified atom stereocenters. The predicted octanol–water partition coefficient (Wildman–Crippen LogP) is 3.16. The summed E-state index contributed by atoms with van der Waals surface area (Å²) in [4.78, 5) is 5.26. The lowest BCUT2D eigenvalue weighted by Crippen LogP contribution is -2.16. The summed E-state index contributed by atoms with van der Waals surface area (Å²) >= 11 is 0. The quantitative estimate of drug-likeness (QED) is 0.342. The van der Waals surface area contributed by atoms with E-state index in [1.165, 1.54) is 6.42 Å². The molecule has 0 aromatic rings. The molecule has 0 aromatic carbocycles. The smallest absolute Gasteiger partial charge is 0.362 e. The highest BCUT2D eigenvalue weighted by atomic mass is 31.2. The minimum absolute atomic E-state index is 0.148. The van der Waals surface area contributed by atoms with Crippen LogP contribution in [0.1, 0.15) is 52.9 Å². The molecule has 0 aromatic heterocycles. The summed E-state index contributed by atoms with van der Waals surface area (Å²) < 4.78 is 28.2. The molecule has 23 heavy (non-hydrogen) atoms. The maximum absolute atomic E-state index is 12.8. The minimum Gasteiger partial charge on any atom is -0.613 e. The first-order chi connectivity index (χ1) is 11.1. The molecule has 0 atom stereocenters. The van der Waals surface area contributed by atoms with Crippen LogP contribution in [0.2, 0.25) is 0 Å². The van der Waals surface area contributed by atoms with Crippen molar-refractivity contribution in [3.8, 4) is 0 Å². The SMILES string of the molecule is CCO/C([O-])=C(/CON=C1CCCCC1)P(=O)(OCC)OCC. The van der Waals surface area contributed by atoms with E-state index >= 15 is 0 Å². The van der Waals surface area contributed by atoms with Crippen molar-refractivity contribution in [2.75, 3.05) is 26.4 Å². The summed E-state index contributed by atoms with van der Waals surface area (Å²) in [6.45, 7) is 5.22. The molecule has 1 saturated carbocycles. The van der Waals surface area contributed by atoms with Crippen LogP contribution in [0.15, 0.2) is 16.4 Å². The molecule has 0 bridgehead atoms. The Kier molecular flexibility index (Phi) is 9.29. The van der Waals surface area contributed by atoms with Gasteiger partial charge in [-0.15, -0.1) is 0 Å². The van der Waals surface area contributed by atoms with Crippen LogP contribution in [0.25, 0.3) is 0 Å². The van der Waals surface area contributed by atoms with Crippen LogP contribution in [-0.4, -0.2) is 32.1 Å². The van der Waals surface area contributed by atoms with Gasteiger partial charge < -0.3 is 23.7 Å². The van der Waals surface area contributed by atoms with Crippen LogP contribution in [0.4, 0.5) is 0 Å². The van der Waals surface area contributed by atoms with Gasteiger partial charge in [0.25, 0.3) is 0 Å². The fraction of sp³-hybridized carbons (Fsp3) is 0.800. The van der Waals surface area contributed by atoms with Crippen molar-refractivity contribution in [1.82, 2.24) is 0 Å². The first kappa shape index (κ1) is 20.0. The maximum atomic E-state index is 12.8. The summed E-state index contributed by atoms with van der Waals surface area (Å²) in [5.74, 6) is -0.735.